The molecule has 22 heavy (non-hydrogen) atoms. The van der Waals surface area contributed by atoms with Gasteiger partial charge in [0.2, 0.25) is 5.76 Å². The monoisotopic (exact) mass is 308 g/mol. The second-order valence-corrected chi connectivity index (χ2v) is 6.12. The first kappa shape index (κ1) is 16.5. The summed E-state index contributed by atoms with van der Waals surface area (Å²) in [6.45, 7) is 5.42. The lowest BCUT2D eigenvalue weighted by Gasteiger charge is -2.31. The van der Waals surface area contributed by atoms with Gasteiger partial charge in [0.15, 0.2) is 0 Å². The number of piperidine rings is 1. The van der Waals surface area contributed by atoms with E-state index >= 15 is 0 Å². The number of carbonyl (C=O) groups excluding carboxylic acids is 1. The first-order valence-electron chi connectivity index (χ1n) is 7.99. The van der Waals surface area contributed by atoms with Gasteiger partial charge < -0.3 is 14.5 Å². The van der Waals surface area contributed by atoms with E-state index in [2.05, 4.69) is 19.0 Å². The number of amides is 1. The quantitative estimate of drug-likeness (QED) is 0.873. The van der Waals surface area contributed by atoms with Crippen LogP contribution in [-0.2, 0) is 4.79 Å². The first-order valence-corrected chi connectivity index (χ1v) is 7.99. The van der Waals surface area contributed by atoms with E-state index in [4.69, 9.17) is 9.63 Å². The van der Waals surface area contributed by atoms with Gasteiger partial charge in [0.25, 0.3) is 5.91 Å². The van der Waals surface area contributed by atoms with Gasteiger partial charge in [-0.15, -0.1) is 0 Å². The van der Waals surface area contributed by atoms with Crippen LogP contribution in [0.15, 0.2) is 10.6 Å². The zero-order valence-electron chi connectivity index (χ0n) is 13.2. The lowest BCUT2D eigenvalue weighted by atomic mass is 9.93. The van der Waals surface area contributed by atoms with Crippen molar-refractivity contribution in [2.45, 2.75) is 51.9 Å². The SMILES string of the molecule is CC[C@H](C)c1cc(C(=O)N2CCC[C@H](CCC(=O)O)C2)on1. The standard InChI is InChI=1S/C16H24N2O4/c1-3-11(2)13-9-14(22-17-13)16(21)18-8-4-5-12(10-18)6-7-15(19)20/h9,11-12H,3-8,10H2,1-2H3,(H,19,20)/t11-,12+/m0/s1. The van der Waals surface area contributed by atoms with Crippen LogP contribution >= 0.6 is 0 Å². The van der Waals surface area contributed by atoms with Crippen molar-refractivity contribution in [1.29, 1.82) is 0 Å². The molecule has 2 atom stereocenters. The molecular weight excluding hydrogens is 284 g/mol. The first-order chi connectivity index (χ1) is 10.5. The van der Waals surface area contributed by atoms with Crippen molar-refractivity contribution in [3.63, 3.8) is 0 Å². The van der Waals surface area contributed by atoms with E-state index in [0.717, 1.165) is 25.0 Å². The molecule has 1 amide bonds. The Morgan fingerprint density at radius 3 is 3.00 bits per heavy atom. The van der Waals surface area contributed by atoms with Crippen LogP contribution in [-0.4, -0.2) is 40.1 Å². The molecule has 0 saturated carbocycles. The van der Waals surface area contributed by atoms with Crippen LogP contribution in [0.3, 0.4) is 0 Å². The summed E-state index contributed by atoms with van der Waals surface area (Å²) in [5.74, 6) is -0.103. The molecule has 1 aliphatic heterocycles. The number of carbonyl (C=O) groups is 2. The summed E-state index contributed by atoms with van der Waals surface area (Å²) >= 11 is 0. The number of likely N-dealkylation sites (tertiary alicyclic amines) is 1. The van der Waals surface area contributed by atoms with E-state index in [1.807, 2.05) is 0 Å². The largest absolute Gasteiger partial charge is 0.481 e. The molecule has 6 heteroatoms. The van der Waals surface area contributed by atoms with Crippen LogP contribution in [0.2, 0.25) is 0 Å². The Morgan fingerprint density at radius 1 is 1.55 bits per heavy atom. The van der Waals surface area contributed by atoms with Crippen LogP contribution in [0.1, 0.15) is 68.1 Å². The Kier molecular flexibility index (Phi) is 5.57. The van der Waals surface area contributed by atoms with Crippen molar-refractivity contribution in [2.75, 3.05) is 13.1 Å². The van der Waals surface area contributed by atoms with Gasteiger partial charge in [0.1, 0.15) is 0 Å². The van der Waals surface area contributed by atoms with Crippen molar-refractivity contribution < 1.29 is 19.2 Å². The van der Waals surface area contributed by atoms with E-state index in [-0.39, 0.29) is 29.9 Å². The molecular formula is C16H24N2O4. The molecule has 0 bridgehead atoms. The van der Waals surface area contributed by atoms with Gasteiger partial charge in [0.05, 0.1) is 5.69 Å². The second kappa shape index (κ2) is 7.42. The van der Waals surface area contributed by atoms with Gasteiger partial charge in [0, 0.05) is 31.5 Å². The number of aliphatic carboxylic acids is 1. The number of nitrogens with zero attached hydrogens (tertiary/aromatic N) is 2. The predicted octanol–water partition coefficient (Wildman–Crippen LogP) is 2.91. The molecule has 0 spiro atoms. The fraction of sp³-hybridized carbons (Fsp3) is 0.688. The highest BCUT2D eigenvalue weighted by atomic mass is 16.5. The van der Waals surface area contributed by atoms with Gasteiger partial charge in [-0.1, -0.05) is 19.0 Å². The minimum absolute atomic E-state index is 0.137. The van der Waals surface area contributed by atoms with E-state index in [1.165, 1.54) is 0 Å². The number of carboxylic acid groups (broad SMARTS) is 1. The smallest absolute Gasteiger partial charge is 0.303 e. The van der Waals surface area contributed by atoms with Gasteiger partial charge >= 0.3 is 5.97 Å². The summed E-state index contributed by atoms with van der Waals surface area (Å²) in [6.07, 6.45) is 3.61. The van der Waals surface area contributed by atoms with Gasteiger partial charge in [-0.05, 0) is 31.6 Å². The second-order valence-electron chi connectivity index (χ2n) is 6.12. The molecule has 0 aliphatic carbocycles. The molecule has 122 valence electrons. The molecule has 0 radical (unpaired) electrons. The van der Waals surface area contributed by atoms with Crippen LogP contribution in [0.25, 0.3) is 0 Å². The fourth-order valence-corrected chi connectivity index (χ4v) is 2.80. The van der Waals surface area contributed by atoms with Crippen LogP contribution in [0, 0.1) is 5.92 Å². The summed E-state index contributed by atoms with van der Waals surface area (Å²) in [4.78, 5) is 24.9. The van der Waals surface area contributed by atoms with Crippen molar-refractivity contribution in [1.82, 2.24) is 10.1 Å². The summed E-state index contributed by atoms with van der Waals surface area (Å²) in [5.41, 5.74) is 0.810. The molecule has 0 unspecified atom stereocenters. The number of rotatable bonds is 6. The third kappa shape index (κ3) is 4.08. The van der Waals surface area contributed by atoms with Gasteiger partial charge in [-0.3, -0.25) is 9.59 Å². The van der Waals surface area contributed by atoms with E-state index < -0.39 is 5.97 Å². The number of carboxylic acids is 1. The average molecular weight is 308 g/mol. The summed E-state index contributed by atoms with van der Waals surface area (Å²) in [5, 5.41) is 12.8. The third-order valence-corrected chi connectivity index (χ3v) is 4.43. The topological polar surface area (TPSA) is 83.6 Å². The molecule has 2 heterocycles. The fourth-order valence-electron chi connectivity index (χ4n) is 2.80. The van der Waals surface area contributed by atoms with Crippen LogP contribution in [0.4, 0.5) is 0 Å². The van der Waals surface area contributed by atoms with Gasteiger partial charge in [-0.2, -0.15) is 0 Å². The van der Waals surface area contributed by atoms with Crippen molar-refractivity contribution in [3.8, 4) is 0 Å². The molecule has 1 saturated heterocycles. The molecule has 1 fully saturated rings. The molecule has 1 aromatic heterocycles. The Labute approximate surface area is 130 Å². The predicted molar refractivity (Wildman–Crippen MR) is 80.7 cm³/mol. The maximum atomic E-state index is 12.5. The van der Waals surface area contributed by atoms with Crippen molar-refractivity contribution >= 4 is 11.9 Å². The minimum atomic E-state index is -0.781. The third-order valence-electron chi connectivity index (χ3n) is 4.43. The zero-order valence-corrected chi connectivity index (χ0v) is 13.2. The molecule has 6 nitrogen and oxygen atoms in total. The van der Waals surface area contributed by atoms with Gasteiger partial charge in [-0.25, -0.2) is 0 Å². The van der Waals surface area contributed by atoms with E-state index in [0.29, 0.717) is 19.5 Å². The van der Waals surface area contributed by atoms with E-state index in [1.54, 1.807) is 11.0 Å². The Balaban J connectivity index is 1.96. The molecule has 1 aromatic rings. The maximum Gasteiger partial charge on any atom is 0.303 e. The Hall–Kier alpha value is -1.85. The van der Waals surface area contributed by atoms with Crippen LogP contribution < -0.4 is 0 Å². The zero-order chi connectivity index (χ0) is 16.1. The average Bonchev–Trinajstić information content (AvgIpc) is 3.01. The van der Waals surface area contributed by atoms with Crippen LogP contribution in [0.5, 0.6) is 0 Å². The Morgan fingerprint density at radius 2 is 2.32 bits per heavy atom. The number of hydrogen-bond acceptors (Lipinski definition) is 4. The summed E-state index contributed by atoms with van der Waals surface area (Å²) < 4.78 is 5.20. The number of aromatic nitrogens is 1. The van der Waals surface area contributed by atoms with Crippen molar-refractivity contribution in [3.05, 3.63) is 17.5 Å². The molecule has 2 rings (SSSR count). The Bertz CT molecular complexity index is 526. The molecule has 1 aliphatic rings. The normalized spacial score (nSPS) is 19.9. The van der Waals surface area contributed by atoms with Crippen molar-refractivity contribution in [2.24, 2.45) is 5.92 Å². The highest BCUT2D eigenvalue weighted by molar-refractivity contribution is 5.91. The molecule has 0 aromatic carbocycles. The highest BCUT2D eigenvalue weighted by Gasteiger charge is 2.27. The lowest BCUT2D eigenvalue weighted by Crippen LogP contribution is -2.39. The lowest BCUT2D eigenvalue weighted by molar-refractivity contribution is -0.137. The maximum absolute atomic E-state index is 12.5. The minimum Gasteiger partial charge on any atom is -0.481 e. The summed E-state index contributed by atoms with van der Waals surface area (Å²) in [6, 6.07) is 1.73. The molecule has 1 N–H and O–H groups in total. The summed E-state index contributed by atoms with van der Waals surface area (Å²) in [7, 11) is 0. The number of hydrogen-bond donors (Lipinski definition) is 1. The van der Waals surface area contributed by atoms with E-state index in [9.17, 15) is 9.59 Å². The highest BCUT2D eigenvalue weighted by Crippen LogP contribution is 2.24.